The van der Waals surface area contributed by atoms with Crippen LogP contribution in [0.2, 0.25) is 0 Å². The summed E-state index contributed by atoms with van der Waals surface area (Å²) in [6, 6.07) is 0. The highest BCUT2D eigenvalue weighted by atomic mass is 16.6. The van der Waals surface area contributed by atoms with Crippen molar-refractivity contribution in [3.63, 3.8) is 0 Å². The smallest absolute Gasteiger partial charge is 0.338 e. The fourth-order valence-electron chi connectivity index (χ4n) is 0.446. The molecule has 0 aromatic rings. The Labute approximate surface area is 118 Å². The minimum Gasteiger partial charge on any atom is -0.478 e. The molecule has 0 aromatic carbocycles. The molecule has 0 amide bonds. The van der Waals surface area contributed by atoms with Gasteiger partial charge in [-0.2, -0.15) is 0 Å². The lowest BCUT2D eigenvalue weighted by atomic mass is 10.4. The van der Waals surface area contributed by atoms with Gasteiger partial charge in [0, 0.05) is 29.9 Å². The zero-order valence-corrected chi connectivity index (χ0v) is 10.8. The van der Waals surface area contributed by atoms with Crippen LogP contribution in [0.1, 0.15) is 6.92 Å². The van der Waals surface area contributed by atoms with Gasteiger partial charge >= 0.3 is 29.8 Å². The van der Waals surface area contributed by atoms with Crippen molar-refractivity contribution in [3.8, 4) is 0 Å². The monoisotopic (exact) mass is 300 g/mol. The maximum absolute atomic E-state index is 9.92. The summed E-state index contributed by atoms with van der Waals surface area (Å²) in [5.41, 5.74) is 0.176. The highest BCUT2D eigenvalue weighted by Crippen LogP contribution is 1.92. The van der Waals surface area contributed by atoms with E-state index >= 15 is 0 Å². The SMILES string of the molecule is C=C(C)C(=O)O.O=C(O)/C=C\C(=O)O.O=C1C=CC(=O)O1. The van der Waals surface area contributed by atoms with Gasteiger partial charge in [-0.3, -0.25) is 0 Å². The zero-order chi connectivity index (χ0) is 17.0. The van der Waals surface area contributed by atoms with Gasteiger partial charge in [0.15, 0.2) is 0 Å². The Morgan fingerprint density at radius 1 is 1.00 bits per heavy atom. The summed E-state index contributed by atoms with van der Waals surface area (Å²) in [6.45, 7) is 4.60. The number of carbonyl (C=O) groups is 5. The van der Waals surface area contributed by atoms with Gasteiger partial charge in [-0.15, -0.1) is 0 Å². The second kappa shape index (κ2) is 10.7. The second-order valence-corrected chi connectivity index (χ2v) is 3.17. The molecule has 21 heavy (non-hydrogen) atoms. The van der Waals surface area contributed by atoms with E-state index in [1.165, 1.54) is 6.92 Å². The first-order chi connectivity index (χ1) is 9.56. The van der Waals surface area contributed by atoms with Crippen molar-refractivity contribution in [3.05, 3.63) is 36.5 Å². The summed E-state index contributed by atoms with van der Waals surface area (Å²) < 4.78 is 3.97. The van der Waals surface area contributed by atoms with Crippen molar-refractivity contribution in [2.75, 3.05) is 0 Å². The largest absolute Gasteiger partial charge is 0.478 e. The number of hydrogen-bond donors (Lipinski definition) is 3. The number of aliphatic carboxylic acids is 3. The lowest BCUT2D eigenvalue weighted by Gasteiger charge is -1.80. The molecule has 1 rings (SSSR count). The van der Waals surface area contributed by atoms with Crippen LogP contribution in [-0.4, -0.2) is 45.2 Å². The van der Waals surface area contributed by atoms with Crippen LogP contribution in [0.15, 0.2) is 36.5 Å². The molecule has 3 N–H and O–H groups in total. The molecule has 114 valence electrons. The van der Waals surface area contributed by atoms with E-state index in [0.717, 1.165) is 12.2 Å². The fourth-order valence-corrected chi connectivity index (χ4v) is 0.446. The van der Waals surface area contributed by atoms with E-state index in [4.69, 9.17) is 15.3 Å². The zero-order valence-electron chi connectivity index (χ0n) is 10.8. The van der Waals surface area contributed by atoms with Gasteiger partial charge in [0.05, 0.1) is 0 Å². The third-order valence-corrected chi connectivity index (χ3v) is 1.29. The van der Waals surface area contributed by atoms with E-state index in [-0.39, 0.29) is 5.57 Å². The Kier molecular flexibility index (Phi) is 10.2. The lowest BCUT2D eigenvalue weighted by molar-refractivity contribution is -0.150. The molecule has 0 radical (unpaired) electrons. The van der Waals surface area contributed by atoms with Crippen LogP contribution < -0.4 is 0 Å². The molecule has 0 aliphatic carbocycles. The molecule has 0 unspecified atom stereocenters. The van der Waals surface area contributed by atoms with Gasteiger partial charge < -0.3 is 20.1 Å². The highest BCUT2D eigenvalue weighted by molar-refractivity contribution is 6.04. The topological polar surface area (TPSA) is 155 Å². The standard InChI is InChI=1S/C4H4O4.C4H2O3.C4H6O2/c5-3(6)1-2-4(7)8;5-3-1-2-4(6)7-3;1-3(2)4(5)6/h1-2H,(H,5,6)(H,7,8);1-2H;1H2,2H3,(H,5,6)/b2-1-;;. The molecule has 0 atom stereocenters. The molecule has 0 saturated carbocycles. The summed E-state index contributed by atoms with van der Waals surface area (Å²) >= 11 is 0. The van der Waals surface area contributed by atoms with Gasteiger partial charge in [-0.1, -0.05) is 6.58 Å². The molecule has 1 aliphatic rings. The van der Waals surface area contributed by atoms with Crippen molar-refractivity contribution < 1.29 is 44.0 Å². The van der Waals surface area contributed by atoms with Crippen LogP contribution in [0.4, 0.5) is 0 Å². The Morgan fingerprint density at radius 3 is 1.38 bits per heavy atom. The molecule has 0 aromatic heterocycles. The van der Waals surface area contributed by atoms with Crippen LogP contribution in [-0.2, 0) is 28.7 Å². The number of carbonyl (C=O) groups excluding carboxylic acids is 2. The number of ether oxygens (including phenoxy) is 1. The van der Waals surface area contributed by atoms with E-state index in [9.17, 15) is 24.0 Å². The van der Waals surface area contributed by atoms with Gasteiger partial charge in [-0.05, 0) is 6.92 Å². The van der Waals surface area contributed by atoms with Crippen molar-refractivity contribution >= 4 is 29.8 Å². The summed E-state index contributed by atoms with van der Waals surface area (Å²) in [5, 5.41) is 23.5. The van der Waals surface area contributed by atoms with E-state index in [1.54, 1.807) is 0 Å². The Balaban J connectivity index is 0. The molecule has 0 fully saturated rings. The molecule has 1 heterocycles. The van der Waals surface area contributed by atoms with Crippen LogP contribution in [0.3, 0.4) is 0 Å². The first kappa shape index (κ1) is 20.1. The average Bonchev–Trinajstić information content (AvgIpc) is 2.72. The molecular weight excluding hydrogens is 288 g/mol. The molecule has 1 aliphatic heterocycles. The summed E-state index contributed by atoms with van der Waals surface area (Å²) in [4.78, 5) is 48.6. The van der Waals surface area contributed by atoms with Crippen LogP contribution >= 0.6 is 0 Å². The third kappa shape index (κ3) is 16.8. The number of rotatable bonds is 3. The maximum atomic E-state index is 9.92. The first-order valence-corrected chi connectivity index (χ1v) is 5.02. The van der Waals surface area contributed by atoms with Gasteiger partial charge in [0.25, 0.3) is 0 Å². The summed E-state index contributed by atoms with van der Waals surface area (Å²) in [6.07, 6.45) is 3.29. The van der Waals surface area contributed by atoms with Gasteiger partial charge in [-0.25, -0.2) is 24.0 Å². The van der Waals surface area contributed by atoms with E-state index in [1.807, 2.05) is 0 Å². The quantitative estimate of drug-likeness (QED) is 0.370. The molecule has 0 spiro atoms. The Bertz CT molecular complexity index is 467. The second-order valence-electron chi connectivity index (χ2n) is 3.17. The van der Waals surface area contributed by atoms with Gasteiger partial charge in [0.2, 0.25) is 0 Å². The first-order valence-electron chi connectivity index (χ1n) is 5.02. The highest BCUT2D eigenvalue weighted by Gasteiger charge is 2.10. The number of esters is 2. The minimum atomic E-state index is -1.26. The fraction of sp³-hybridized carbons (Fsp3) is 0.0833. The van der Waals surface area contributed by atoms with Crippen LogP contribution in [0, 0.1) is 0 Å². The van der Waals surface area contributed by atoms with E-state index in [0.29, 0.717) is 12.2 Å². The Hall–Kier alpha value is -3.23. The normalized spacial score (nSPS) is 11.7. The van der Waals surface area contributed by atoms with Gasteiger partial charge in [0.1, 0.15) is 0 Å². The number of carboxylic acid groups (broad SMARTS) is 3. The predicted molar refractivity (Wildman–Crippen MR) is 67.1 cm³/mol. The van der Waals surface area contributed by atoms with E-state index < -0.39 is 29.8 Å². The van der Waals surface area contributed by atoms with Crippen molar-refractivity contribution in [1.82, 2.24) is 0 Å². The van der Waals surface area contributed by atoms with Crippen molar-refractivity contribution in [2.45, 2.75) is 6.92 Å². The van der Waals surface area contributed by atoms with Crippen molar-refractivity contribution in [2.24, 2.45) is 0 Å². The van der Waals surface area contributed by atoms with Crippen LogP contribution in [0.5, 0.6) is 0 Å². The molecule has 9 nitrogen and oxygen atoms in total. The number of cyclic esters (lactones) is 2. The molecule has 9 heteroatoms. The molecule has 0 bridgehead atoms. The average molecular weight is 300 g/mol. The van der Waals surface area contributed by atoms with E-state index in [2.05, 4.69) is 11.3 Å². The number of carboxylic acids is 3. The van der Waals surface area contributed by atoms with Crippen LogP contribution in [0.25, 0.3) is 0 Å². The maximum Gasteiger partial charge on any atom is 0.338 e. The van der Waals surface area contributed by atoms with Crippen molar-refractivity contribution in [1.29, 1.82) is 0 Å². The predicted octanol–water partition coefficient (Wildman–Crippen LogP) is -0.0151. The summed E-state index contributed by atoms with van der Waals surface area (Å²) in [5.74, 6) is -4.61. The third-order valence-electron chi connectivity index (χ3n) is 1.29. The summed E-state index contributed by atoms with van der Waals surface area (Å²) in [7, 11) is 0. The minimum absolute atomic E-state index is 0.176. The number of hydrogen-bond acceptors (Lipinski definition) is 6. The Morgan fingerprint density at radius 2 is 1.29 bits per heavy atom. The lowest BCUT2D eigenvalue weighted by Crippen LogP contribution is -1.96. The molecule has 0 saturated heterocycles. The molecular formula is C12H12O9.